The fourth-order valence-corrected chi connectivity index (χ4v) is 4.17. The van der Waals surface area contributed by atoms with Gasteiger partial charge in [0.15, 0.2) is 5.11 Å². The number of non-ortho nitro benzene ring substituents is 1. The molecule has 2 heterocycles. The molecule has 166 valence electrons. The Hall–Kier alpha value is -3.34. The number of thiocarbonyl (C=S) groups is 1. The fourth-order valence-electron chi connectivity index (χ4n) is 3.15. The number of hydrogen-bond donors (Lipinski definition) is 1. The molecular formula is C22H13BrClN3O5S. The second-order valence-corrected chi connectivity index (χ2v) is 8.66. The molecule has 4 rings (SSSR count). The molecule has 11 heteroatoms. The Bertz CT molecular complexity index is 1380. The maximum absolute atomic E-state index is 13.1. The number of nitrogens with one attached hydrogen (secondary N) is 1. The molecule has 1 aliphatic rings. The quantitative estimate of drug-likeness (QED) is 0.154. The summed E-state index contributed by atoms with van der Waals surface area (Å²) in [5.74, 6) is -0.652. The van der Waals surface area contributed by atoms with Gasteiger partial charge in [-0.3, -0.25) is 29.9 Å². The highest BCUT2D eigenvalue weighted by Gasteiger charge is 2.35. The highest BCUT2D eigenvalue weighted by molar-refractivity contribution is 9.10. The number of nitro benzene ring substituents is 1. The van der Waals surface area contributed by atoms with Gasteiger partial charge in [-0.15, -0.1) is 0 Å². The summed E-state index contributed by atoms with van der Waals surface area (Å²) in [6.07, 6.45) is 1.31. The fraction of sp³-hybridized carbons (Fsp3) is 0.0455. The lowest BCUT2D eigenvalue weighted by Gasteiger charge is -2.29. The van der Waals surface area contributed by atoms with Crippen LogP contribution >= 0.6 is 39.7 Å². The summed E-state index contributed by atoms with van der Waals surface area (Å²) in [7, 11) is 0. The van der Waals surface area contributed by atoms with Gasteiger partial charge in [0.05, 0.1) is 10.6 Å². The molecule has 0 saturated carbocycles. The van der Waals surface area contributed by atoms with Gasteiger partial charge in [0.1, 0.15) is 17.1 Å². The summed E-state index contributed by atoms with van der Waals surface area (Å²) in [5, 5.41) is 13.8. The molecule has 0 aliphatic carbocycles. The van der Waals surface area contributed by atoms with Crippen molar-refractivity contribution in [1.82, 2.24) is 5.32 Å². The Morgan fingerprint density at radius 3 is 2.61 bits per heavy atom. The number of rotatable bonds is 4. The van der Waals surface area contributed by atoms with Crippen molar-refractivity contribution in [3.05, 3.63) is 85.0 Å². The molecule has 2 aromatic carbocycles. The Kier molecular flexibility index (Phi) is 6.15. The molecule has 1 fully saturated rings. The average Bonchev–Trinajstić information content (AvgIpc) is 3.21. The van der Waals surface area contributed by atoms with Crippen LogP contribution < -0.4 is 10.2 Å². The predicted molar refractivity (Wildman–Crippen MR) is 131 cm³/mol. The highest BCUT2D eigenvalue weighted by Crippen LogP contribution is 2.33. The van der Waals surface area contributed by atoms with E-state index in [4.69, 9.17) is 28.2 Å². The van der Waals surface area contributed by atoms with Crippen LogP contribution in [0.25, 0.3) is 17.4 Å². The third-order valence-corrected chi connectivity index (χ3v) is 6.21. The van der Waals surface area contributed by atoms with Crippen molar-refractivity contribution in [2.45, 2.75) is 6.92 Å². The molecule has 2 amide bonds. The van der Waals surface area contributed by atoms with Crippen molar-refractivity contribution < 1.29 is 18.9 Å². The number of furan rings is 1. The largest absolute Gasteiger partial charge is 0.457 e. The van der Waals surface area contributed by atoms with Gasteiger partial charge < -0.3 is 4.42 Å². The Morgan fingerprint density at radius 1 is 1.18 bits per heavy atom. The minimum Gasteiger partial charge on any atom is -0.457 e. The van der Waals surface area contributed by atoms with Gasteiger partial charge in [-0.25, -0.2) is 0 Å². The molecular weight excluding hydrogens is 534 g/mol. The van der Waals surface area contributed by atoms with E-state index in [1.807, 2.05) is 6.92 Å². The highest BCUT2D eigenvalue weighted by atomic mass is 79.9. The van der Waals surface area contributed by atoms with Crippen LogP contribution in [0, 0.1) is 17.0 Å². The summed E-state index contributed by atoms with van der Waals surface area (Å²) < 4.78 is 6.23. The number of carbonyl (C=O) groups excluding carboxylic acids is 2. The van der Waals surface area contributed by atoms with Gasteiger partial charge in [-0.2, -0.15) is 0 Å². The molecule has 3 aromatic rings. The van der Waals surface area contributed by atoms with E-state index in [9.17, 15) is 19.7 Å². The third-order valence-electron chi connectivity index (χ3n) is 4.86. The summed E-state index contributed by atoms with van der Waals surface area (Å²) >= 11 is 14.7. The van der Waals surface area contributed by atoms with E-state index in [-0.39, 0.29) is 22.1 Å². The maximum Gasteiger partial charge on any atom is 0.270 e. The molecule has 33 heavy (non-hydrogen) atoms. The van der Waals surface area contributed by atoms with Gasteiger partial charge in [-0.05, 0) is 77.0 Å². The number of aryl methyl sites for hydroxylation is 1. The lowest BCUT2D eigenvalue weighted by molar-refractivity contribution is -0.384. The van der Waals surface area contributed by atoms with E-state index in [1.165, 1.54) is 29.2 Å². The topological polar surface area (TPSA) is 106 Å². The van der Waals surface area contributed by atoms with Gasteiger partial charge >= 0.3 is 0 Å². The summed E-state index contributed by atoms with van der Waals surface area (Å²) in [6.45, 7) is 1.83. The zero-order valence-corrected chi connectivity index (χ0v) is 20.0. The molecule has 0 unspecified atom stereocenters. The first kappa shape index (κ1) is 22.8. The van der Waals surface area contributed by atoms with E-state index in [0.29, 0.717) is 26.5 Å². The van der Waals surface area contributed by atoms with E-state index < -0.39 is 16.7 Å². The van der Waals surface area contributed by atoms with Crippen LogP contribution in [-0.4, -0.2) is 21.9 Å². The SMILES string of the molecule is Cc1ccc(N2C(=O)/C(=C\c3ccc(-c4ccc([N+](=O)[O-])cc4Br)o3)C(=O)NC2=S)cc1Cl. The first-order valence-corrected chi connectivity index (χ1v) is 11.0. The monoisotopic (exact) mass is 545 g/mol. The average molecular weight is 547 g/mol. The van der Waals surface area contributed by atoms with Gasteiger partial charge in [0.2, 0.25) is 0 Å². The van der Waals surface area contributed by atoms with Gasteiger partial charge in [0.25, 0.3) is 17.5 Å². The summed E-state index contributed by atoms with van der Waals surface area (Å²) in [6, 6.07) is 12.5. The number of hydrogen-bond acceptors (Lipinski definition) is 6. The maximum atomic E-state index is 13.1. The van der Waals surface area contributed by atoms with Crippen LogP contribution in [-0.2, 0) is 9.59 Å². The standard InChI is InChI=1S/C22H13BrClN3O5S/c1-11-2-3-12(9-18(11)24)26-21(29)16(20(28)25-22(26)33)10-14-5-7-19(32-14)15-6-4-13(27(30)31)8-17(15)23/h2-10H,1H3,(H,25,28,33)/b16-10-. The molecule has 0 spiro atoms. The smallest absolute Gasteiger partial charge is 0.270 e. The summed E-state index contributed by atoms with van der Waals surface area (Å²) in [4.78, 5) is 37.3. The van der Waals surface area contributed by atoms with Crippen molar-refractivity contribution in [3.8, 4) is 11.3 Å². The third kappa shape index (κ3) is 4.45. The van der Waals surface area contributed by atoms with Crippen LogP contribution in [0.4, 0.5) is 11.4 Å². The van der Waals surface area contributed by atoms with Crippen LogP contribution in [0.2, 0.25) is 5.02 Å². The van der Waals surface area contributed by atoms with Crippen molar-refractivity contribution in [1.29, 1.82) is 0 Å². The number of benzene rings is 2. The molecule has 0 bridgehead atoms. The second-order valence-electron chi connectivity index (χ2n) is 7.01. The van der Waals surface area contributed by atoms with Gasteiger partial charge in [-0.1, -0.05) is 17.7 Å². The number of nitrogens with zero attached hydrogens (tertiary/aromatic N) is 2. The van der Waals surface area contributed by atoms with Crippen LogP contribution in [0.3, 0.4) is 0 Å². The zero-order chi connectivity index (χ0) is 23.9. The normalized spacial score (nSPS) is 15.2. The van der Waals surface area contributed by atoms with Crippen LogP contribution in [0.1, 0.15) is 11.3 Å². The molecule has 1 aliphatic heterocycles. The Balaban J connectivity index is 1.67. The van der Waals surface area contributed by atoms with Crippen LogP contribution in [0.5, 0.6) is 0 Å². The second kappa shape index (κ2) is 8.89. The number of halogens is 2. The van der Waals surface area contributed by atoms with Crippen molar-refractivity contribution in [2.75, 3.05) is 4.90 Å². The number of nitro groups is 1. The lowest BCUT2D eigenvalue weighted by atomic mass is 10.1. The van der Waals surface area contributed by atoms with E-state index >= 15 is 0 Å². The Labute approximate surface area is 206 Å². The predicted octanol–water partition coefficient (Wildman–Crippen LogP) is 5.41. The van der Waals surface area contributed by atoms with Crippen molar-refractivity contribution in [3.63, 3.8) is 0 Å². The van der Waals surface area contributed by atoms with Crippen molar-refractivity contribution in [2.24, 2.45) is 0 Å². The van der Waals surface area contributed by atoms with Crippen LogP contribution in [0.15, 0.2) is 63.0 Å². The lowest BCUT2D eigenvalue weighted by Crippen LogP contribution is -2.54. The number of carbonyl (C=O) groups is 2. The molecule has 8 nitrogen and oxygen atoms in total. The number of anilines is 1. The zero-order valence-electron chi connectivity index (χ0n) is 16.8. The Morgan fingerprint density at radius 2 is 1.94 bits per heavy atom. The molecule has 1 saturated heterocycles. The summed E-state index contributed by atoms with van der Waals surface area (Å²) in [5.41, 5.74) is 1.57. The molecule has 0 atom stereocenters. The molecule has 1 N–H and O–H groups in total. The van der Waals surface area contributed by atoms with E-state index in [0.717, 1.165) is 5.56 Å². The molecule has 1 aromatic heterocycles. The van der Waals surface area contributed by atoms with Crippen molar-refractivity contribution >= 4 is 74.1 Å². The molecule has 0 radical (unpaired) electrons. The minimum absolute atomic E-state index is 0.0583. The van der Waals surface area contributed by atoms with E-state index in [2.05, 4.69) is 21.2 Å². The number of amides is 2. The first-order chi connectivity index (χ1) is 15.7. The minimum atomic E-state index is -0.658. The van der Waals surface area contributed by atoms with Gasteiger partial charge in [0, 0.05) is 27.2 Å². The first-order valence-electron chi connectivity index (χ1n) is 9.37. The van der Waals surface area contributed by atoms with E-state index in [1.54, 1.807) is 30.3 Å².